The van der Waals surface area contributed by atoms with Gasteiger partial charge in [0.25, 0.3) is 0 Å². The van der Waals surface area contributed by atoms with E-state index in [1.165, 1.54) is 0 Å². The van der Waals surface area contributed by atoms with Crippen molar-refractivity contribution in [3.63, 3.8) is 0 Å². The molecule has 0 spiro atoms. The first-order valence-electron chi connectivity index (χ1n) is 3.33. The zero-order valence-corrected chi connectivity index (χ0v) is 8.73. The molecule has 0 unspecified atom stereocenters. The molecule has 0 aliphatic rings. The summed E-state index contributed by atoms with van der Waals surface area (Å²) in [6, 6.07) is 7.65. The molecule has 65 valence electrons. The molecule has 1 aromatic carbocycles. The SMILES string of the molecule is C[C](=[V])Nc1ccc(N)cc1.[CH3-]. The number of hydrogen-bond acceptors (Lipinski definition) is 2. The van der Waals surface area contributed by atoms with Gasteiger partial charge in [-0.25, -0.2) is 0 Å². The van der Waals surface area contributed by atoms with Crippen LogP contribution < -0.4 is 11.1 Å². The first-order chi connectivity index (χ1) is 5.18. The van der Waals surface area contributed by atoms with Gasteiger partial charge in [-0.3, -0.25) is 0 Å². The van der Waals surface area contributed by atoms with Gasteiger partial charge in [0.1, 0.15) is 0 Å². The molecule has 1 aromatic rings. The number of anilines is 2. The summed E-state index contributed by atoms with van der Waals surface area (Å²) in [7, 11) is 0. The molecule has 0 aliphatic carbocycles. The normalized spacial score (nSPS) is 8.33. The van der Waals surface area contributed by atoms with Gasteiger partial charge in [-0.1, -0.05) is 0 Å². The van der Waals surface area contributed by atoms with Crippen molar-refractivity contribution >= 4 is 15.7 Å². The van der Waals surface area contributed by atoms with Crippen LogP contribution in [0.4, 0.5) is 11.4 Å². The first kappa shape index (κ1) is 11.3. The van der Waals surface area contributed by atoms with E-state index in [2.05, 4.69) is 22.3 Å². The van der Waals surface area contributed by atoms with Gasteiger partial charge in [0.2, 0.25) is 0 Å². The monoisotopic (exact) mass is 200 g/mol. The molecule has 0 bridgehead atoms. The molecule has 0 heterocycles. The second-order valence-electron chi connectivity index (χ2n) is 2.33. The van der Waals surface area contributed by atoms with Crippen LogP contribution in [0.1, 0.15) is 6.92 Å². The topological polar surface area (TPSA) is 38.0 Å². The number of hydrogen-bond donors (Lipinski definition) is 2. The minimum absolute atomic E-state index is 0. The molecule has 0 saturated heterocycles. The molecule has 0 aliphatic heterocycles. The first-order valence-corrected chi connectivity index (χ1v) is 4.03. The molecule has 12 heavy (non-hydrogen) atoms. The Morgan fingerprint density at radius 1 is 1.33 bits per heavy atom. The van der Waals surface area contributed by atoms with Crippen LogP contribution in [0.3, 0.4) is 0 Å². The van der Waals surface area contributed by atoms with Crippen LogP contribution in [0, 0.1) is 7.43 Å². The van der Waals surface area contributed by atoms with Crippen LogP contribution in [-0.4, -0.2) is 4.35 Å². The molecular formula is C9H13N2V-. The Hall–Kier alpha value is -0.726. The Balaban J connectivity index is 0.00000121. The molecule has 0 fully saturated rings. The Labute approximate surface area is 82.7 Å². The van der Waals surface area contributed by atoms with E-state index in [9.17, 15) is 0 Å². The minimum Gasteiger partial charge on any atom is -0.358 e. The van der Waals surface area contributed by atoms with Crippen LogP contribution >= 0.6 is 0 Å². The summed E-state index contributed by atoms with van der Waals surface area (Å²) >= 11 is 2.45. The second-order valence-corrected chi connectivity index (χ2v) is 3.38. The summed E-state index contributed by atoms with van der Waals surface area (Å²) in [5.41, 5.74) is 7.38. The van der Waals surface area contributed by atoms with E-state index in [4.69, 9.17) is 5.73 Å². The molecule has 0 saturated carbocycles. The quantitative estimate of drug-likeness (QED) is 0.564. The van der Waals surface area contributed by atoms with Crippen molar-refractivity contribution in [3.8, 4) is 0 Å². The van der Waals surface area contributed by atoms with Crippen LogP contribution in [0.15, 0.2) is 24.3 Å². The fourth-order valence-corrected chi connectivity index (χ4v) is 0.977. The minimum atomic E-state index is 0. The number of nitrogens with one attached hydrogen (secondary N) is 1. The maximum atomic E-state index is 5.52. The Bertz CT molecular complexity index is 254. The molecule has 0 atom stereocenters. The molecule has 0 amide bonds. The molecule has 0 radical (unpaired) electrons. The van der Waals surface area contributed by atoms with E-state index < -0.39 is 0 Å². The van der Waals surface area contributed by atoms with E-state index in [-0.39, 0.29) is 7.43 Å². The standard InChI is InChI=1S/C8H10N2.CH3.V/c1-2-10-8-5-3-7(9)4-6-8;;/h3-6,10H,9H2,1H3;1H3;/q;-1;. The smallest absolute Gasteiger partial charge is 0.358 e. The van der Waals surface area contributed by atoms with Crippen molar-refractivity contribution in [2.75, 3.05) is 11.1 Å². The summed E-state index contributed by atoms with van der Waals surface area (Å²) in [5.74, 6) is 0. The third kappa shape index (κ3) is 3.60. The molecule has 0 aromatic heterocycles. The van der Waals surface area contributed by atoms with Gasteiger partial charge in [-0.15, -0.1) is 0 Å². The second kappa shape index (κ2) is 5.02. The van der Waals surface area contributed by atoms with Gasteiger partial charge in [-0.2, -0.15) is 0 Å². The summed E-state index contributed by atoms with van der Waals surface area (Å²) in [5, 5.41) is 3.17. The summed E-state index contributed by atoms with van der Waals surface area (Å²) < 4.78 is 1.11. The van der Waals surface area contributed by atoms with Crippen LogP contribution in [0.25, 0.3) is 0 Å². The van der Waals surface area contributed by atoms with Crippen molar-refractivity contribution in [3.05, 3.63) is 31.7 Å². The van der Waals surface area contributed by atoms with E-state index in [1.807, 2.05) is 31.2 Å². The largest absolute Gasteiger partial charge is 0.358 e. The Morgan fingerprint density at radius 3 is 2.25 bits per heavy atom. The van der Waals surface area contributed by atoms with Crippen molar-refractivity contribution < 1.29 is 17.0 Å². The fourth-order valence-electron chi connectivity index (χ4n) is 0.775. The number of benzene rings is 1. The van der Waals surface area contributed by atoms with Gasteiger partial charge in [0.15, 0.2) is 0 Å². The van der Waals surface area contributed by atoms with Gasteiger partial charge in [-0.05, 0) is 0 Å². The molecule has 2 nitrogen and oxygen atoms in total. The van der Waals surface area contributed by atoms with E-state index in [0.29, 0.717) is 0 Å². The number of nitrogen functional groups attached to an aromatic ring is 1. The average molecular weight is 200 g/mol. The summed E-state index contributed by atoms with van der Waals surface area (Å²) in [4.78, 5) is 0. The predicted molar refractivity (Wildman–Crippen MR) is 51.6 cm³/mol. The van der Waals surface area contributed by atoms with Crippen molar-refractivity contribution in [1.82, 2.24) is 0 Å². The van der Waals surface area contributed by atoms with Crippen molar-refractivity contribution in [2.45, 2.75) is 6.92 Å². The third-order valence-electron chi connectivity index (χ3n) is 1.24. The van der Waals surface area contributed by atoms with Crippen molar-refractivity contribution in [2.24, 2.45) is 0 Å². The van der Waals surface area contributed by atoms with Gasteiger partial charge >= 0.3 is 74.9 Å². The molecule has 3 heteroatoms. The van der Waals surface area contributed by atoms with Gasteiger partial charge in [0, 0.05) is 0 Å². The maximum Gasteiger partial charge on any atom is -0.358 e. The van der Waals surface area contributed by atoms with Gasteiger partial charge < -0.3 is 7.43 Å². The predicted octanol–water partition coefficient (Wildman–Crippen LogP) is 1.83. The van der Waals surface area contributed by atoms with E-state index in [1.54, 1.807) is 0 Å². The summed E-state index contributed by atoms with van der Waals surface area (Å²) in [6.45, 7) is 2.00. The van der Waals surface area contributed by atoms with Crippen molar-refractivity contribution in [1.29, 1.82) is 0 Å². The fraction of sp³-hybridized carbons (Fsp3) is 0.111. The zero-order chi connectivity index (χ0) is 8.27. The van der Waals surface area contributed by atoms with Gasteiger partial charge in [0.05, 0.1) is 0 Å². The number of nitrogens with two attached hydrogens (primary N) is 1. The molecule has 1 rings (SSSR count). The average Bonchev–Trinajstić information content (AvgIpc) is 1.93. The Morgan fingerprint density at radius 2 is 1.83 bits per heavy atom. The maximum absolute atomic E-state index is 5.52. The van der Waals surface area contributed by atoms with E-state index >= 15 is 0 Å². The Kier molecular flexibility index (Phi) is 4.71. The van der Waals surface area contributed by atoms with Crippen LogP contribution in [0.5, 0.6) is 0 Å². The zero-order valence-electron chi connectivity index (χ0n) is 7.33. The molecular weight excluding hydrogens is 187 g/mol. The van der Waals surface area contributed by atoms with E-state index in [0.717, 1.165) is 15.7 Å². The van der Waals surface area contributed by atoms with Crippen LogP contribution in [-0.2, 0) is 17.0 Å². The van der Waals surface area contributed by atoms with Crippen LogP contribution in [0.2, 0.25) is 0 Å². The third-order valence-corrected chi connectivity index (χ3v) is 1.41. The molecule has 3 N–H and O–H groups in total. The number of rotatable bonds is 2. The summed E-state index contributed by atoms with van der Waals surface area (Å²) in [6.07, 6.45) is 0.